The summed E-state index contributed by atoms with van der Waals surface area (Å²) >= 11 is 5.94. The van der Waals surface area contributed by atoms with Gasteiger partial charge in [-0.1, -0.05) is 35.9 Å². The number of halogens is 4. The molecule has 4 aromatic rings. The molecule has 1 N–H and O–H groups in total. The van der Waals surface area contributed by atoms with Gasteiger partial charge < -0.3 is 14.3 Å². The van der Waals surface area contributed by atoms with Crippen LogP contribution in [-0.2, 0) is 11.0 Å². The maximum absolute atomic E-state index is 13.3. The van der Waals surface area contributed by atoms with E-state index in [1.165, 1.54) is 12.1 Å². The molecule has 0 radical (unpaired) electrons. The quantitative estimate of drug-likeness (QED) is 0.384. The SMILES string of the molecule is O=C(O)[C@H](Oc1ccc(C(F)(F)F)cc1-c1nc2ccccc2o1)c1cccc(Cl)c1. The fourth-order valence-electron chi connectivity index (χ4n) is 3.02. The maximum Gasteiger partial charge on any atom is 0.416 e. The van der Waals surface area contributed by atoms with Gasteiger partial charge in [0.05, 0.1) is 11.1 Å². The van der Waals surface area contributed by atoms with Crippen molar-refractivity contribution >= 4 is 28.7 Å². The number of alkyl halides is 3. The predicted octanol–water partition coefficient (Wildman–Crippen LogP) is 6.37. The first-order chi connectivity index (χ1) is 14.7. The second-order valence-corrected chi connectivity index (χ2v) is 7.02. The molecule has 0 fully saturated rings. The molecule has 0 aliphatic carbocycles. The summed E-state index contributed by atoms with van der Waals surface area (Å²) < 4.78 is 51.2. The number of hydrogen-bond donors (Lipinski definition) is 1. The van der Waals surface area contributed by atoms with Crippen LogP contribution in [0.5, 0.6) is 5.75 Å². The van der Waals surface area contributed by atoms with Crippen LogP contribution in [0.3, 0.4) is 0 Å². The molecule has 9 heteroatoms. The third-order valence-electron chi connectivity index (χ3n) is 4.45. The van der Waals surface area contributed by atoms with E-state index in [0.717, 1.165) is 18.2 Å². The number of rotatable bonds is 5. The van der Waals surface area contributed by atoms with Crippen molar-refractivity contribution in [1.29, 1.82) is 0 Å². The highest BCUT2D eigenvalue weighted by Crippen LogP contribution is 2.39. The van der Waals surface area contributed by atoms with E-state index in [1.54, 1.807) is 36.4 Å². The number of carboxylic acid groups (broad SMARTS) is 1. The van der Waals surface area contributed by atoms with Crippen molar-refractivity contribution in [3.63, 3.8) is 0 Å². The second-order valence-electron chi connectivity index (χ2n) is 6.59. The number of aromatic nitrogens is 1. The number of para-hydroxylation sites is 2. The molecule has 3 aromatic carbocycles. The van der Waals surface area contributed by atoms with E-state index >= 15 is 0 Å². The third kappa shape index (κ3) is 4.34. The lowest BCUT2D eigenvalue weighted by molar-refractivity contribution is -0.145. The van der Waals surface area contributed by atoms with Crippen LogP contribution in [0.2, 0.25) is 5.02 Å². The van der Waals surface area contributed by atoms with Gasteiger partial charge in [-0.15, -0.1) is 0 Å². The first-order valence-corrected chi connectivity index (χ1v) is 9.32. The lowest BCUT2D eigenvalue weighted by Crippen LogP contribution is -2.18. The van der Waals surface area contributed by atoms with Crippen molar-refractivity contribution in [2.45, 2.75) is 12.3 Å². The highest BCUT2D eigenvalue weighted by atomic mass is 35.5. The summed E-state index contributed by atoms with van der Waals surface area (Å²) in [5.74, 6) is -1.60. The lowest BCUT2D eigenvalue weighted by Gasteiger charge is -2.18. The minimum atomic E-state index is -4.63. The smallest absolute Gasteiger partial charge is 0.416 e. The molecule has 0 aliphatic heterocycles. The van der Waals surface area contributed by atoms with E-state index in [-0.39, 0.29) is 22.8 Å². The molecule has 4 rings (SSSR count). The Morgan fingerprint density at radius 1 is 1.06 bits per heavy atom. The number of carbonyl (C=O) groups is 1. The van der Waals surface area contributed by atoms with Crippen LogP contribution in [0, 0.1) is 0 Å². The molecular weight excluding hydrogens is 435 g/mol. The molecule has 0 saturated heterocycles. The van der Waals surface area contributed by atoms with Gasteiger partial charge in [-0.25, -0.2) is 9.78 Å². The van der Waals surface area contributed by atoms with Gasteiger partial charge in [-0.05, 0) is 42.5 Å². The molecule has 0 saturated carbocycles. The Bertz CT molecular complexity index is 1240. The van der Waals surface area contributed by atoms with E-state index in [2.05, 4.69) is 4.98 Å². The average Bonchev–Trinajstić information content (AvgIpc) is 3.15. The number of benzene rings is 3. The summed E-state index contributed by atoms with van der Waals surface area (Å²) in [5, 5.41) is 9.94. The zero-order valence-electron chi connectivity index (χ0n) is 15.6. The zero-order chi connectivity index (χ0) is 22.2. The molecule has 31 heavy (non-hydrogen) atoms. The number of oxazole rings is 1. The Kier molecular flexibility index (Phi) is 5.32. The second kappa shape index (κ2) is 7.96. The Labute approximate surface area is 178 Å². The largest absolute Gasteiger partial charge is 0.478 e. The number of aliphatic carboxylic acids is 1. The van der Waals surface area contributed by atoms with Gasteiger partial charge in [-0.3, -0.25) is 0 Å². The summed E-state index contributed by atoms with van der Waals surface area (Å²) in [6, 6.07) is 15.3. The molecule has 0 amide bonds. The molecular formula is C22H13ClF3NO4. The van der Waals surface area contributed by atoms with E-state index in [4.69, 9.17) is 20.8 Å². The van der Waals surface area contributed by atoms with Gasteiger partial charge in [0.2, 0.25) is 12.0 Å². The fourth-order valence-corrected chi connectivity index (χ4v) is 3.22. The van der Waals surface area contributed by atoms with Crippen LogP contribution in [-0.4, -0.2) is 16.1 Å². The first-order valence-electron chi connectivity index (χ1n) is 8.94. The van der Waals surface area contributed by atoms with Crippen molar-refractivity contribution in [3.8, 4) is 17.2 Å². The van der Waals surface area contributed by atoms with Crippen molar-refractivity contribution in [2.75, 3.05) is 0 Å². The summed E-state index contributed by atoms with van der Waals surface area (Å²) in [6.07, 6.45) is -6.14. The fraction of sp³-hybridized carbons (Fsp3) is 0.0909. The van der Waals surface area contributed by atoms with Crippen molar-refractivity contribution in [1.82, 2.24) is 4.98 Å². The molecule has 1 atom stereocenters. The number of carboxylic acids is 1. The van der Waals surface area contributed by atoms with Crippen molar-refractivity contribution in [3.05, 3.63) is 82.9 Å². The van der Waals surface area contributed by atoms with Crippen LogP contribution >= 0.6 is 11.6 Å². The monoisotopic (exact) mass is 447 g/mol. The Morgan fingerprint density at radius 3 is 2.52 bits per heavy atom. The van der Waals surface area contributed by atoms with Gasteiger partial charge in [-0.2, -0.15) is 13.2 Å². The van der Waals surface area contributed by atoms with Gasteiger partial charge >= 0.3 is 12.1 Å². The molecule has 158 valence electrons. The van der Waals surface area contributed by atoms with Crippen LogP contribution in [0.4, 0.5) is 13.2 Å². The third-order valence-corrected chi connectivity index (χ3v) is 4.69. The van der Waals surface area contributed by atoms with Gasteiger partial charge in [0.1, 0.15) is 11.3 Å². The lowest BCUT2D eigenvalue weighted by atomic mass is 10.1. The Hall–Kier alpha value is -3.52. The molecule has 0 aliphatic rings. The number of fused-ring (bicyclic) bond motifs is 1. The summed E-state index contributed by atoms with van der Waals surface area (Å²) in [4.78, 5) is 16.1. The van der Waals surface area contributed by atoms with E-state index in [0.29, 0.717) is 16.1 Å². The molecule has 0 bridgehead atoms. The molecule has 1 aromatic heterocycles. The van der Waals surface area contributed by atoms with Crippen LogP contribution in [0.25, 0.3) is 22.6 Å². The maximum atomic E-state index is 13.3. The van der Waals surface area contributed by atoms with Gasteiger partial charge in [0.15, 0.2) is 5.58 Å². The van der Waals surface area contributed by atoms with Gasteiger partial charge in [0.25, 0.3) is 0 Å². The minimum absolute atomic E-state index is 0.126. The number of ether oxygens (including phenoxy) is 1. The van der Waals surface area contributed by atoms with Crippen LogP contribution < -0.4 is 4.74 Å². The highest BCUT2D eigenvalue weighted by molar-refractivity contribution is 6.30. The zero-order valence-corrected chi connectivity index (χ0v) is 16.3. The number of nitrogens with zero attached hydrogens (tertiary/aromatic N) is 1. The van der Waals surface area contributed by atoms with E-state index < -0.39 is 23.8 Å². The van der Waals surface area contributed by atoms with E-state index in [1.807, 2.05) is 0 Å². The molecule has 1 heterocycles. The van der Waals surface area contributed by atoms with Crippen LogP contribution in [0.1, 0.15) is 17.2 Å². The highest BCUT2D eigenvalue weighted by Gasteiger charge is 2.33. The van der Waals surface area contributed by atoms with E-state index in [9.17, 15) is 23.1 Å². The number of hydrogen-bond acceptors (Lipinski definition) is 4. The standard InChI is InChI=1S/C22H13ClF3NO4/c23-14-5-3-4-12(10-14)19(21(28)29)30-17-9-8-13(22(24,25)26)11-15(17)20-27-16-6-1-2-7-18(16)31-20/h1-11,19H,(H,28,29)/t19-/m1/s1. The van der Waals surface area contributed by atoms with Crippen molar-refractivity contribution in [2.24, 2.45) is 0 Å². The van der Waals surface area contributed by atoms with Gasteiger partial charge in [0, 0.05) is 10.6 Å². The molecule has 5 nitrogen and oxygen atoms in total. The Balaban J connectivity index is 1.83. The topological polar surface area (TPSA) is 72.6 Å². The minimum Gasteiger partial charge on any atom is -0.478 e. The van der Waals surface area contributed by atoms with Crippen LogP contribution in [0.15, 0.2) is 71.1 Å². The summed E-state index contributed by atoms with van der Waals surface area (Å²) in [6.45, 7) is 0. The normalized spacial score (nSPS) is 12.6. The summed E-state index contributed by atoms with van der Waals surface area (Å²) in [5.41, 5.74) is -0.0505. The molecule has 0 unspecified atom stereocenters. The average molecular weight is 448 g/mol. The Morgan fingerprint density at radius 2 is 1.84 bits per heavy atom. The molecule has 0 spiro atoms. The van der Waals surface area contributed by atoms with Crippen molar-refractivity contribution < 1.29 is 32.2 Å². The first kappa shape index (κ1) is 20.7. The summed E-state index contributed by atoms with van der Waals surface area (Å²) in [7, 11) is 0. The predicted molar refractivity (Wildman–Crippen MR) is 107 cm³/mol.